The topological polar surface area (TPSA) is 112 Å². The summed E-state index contributed by atoms with van der Waals surface area (Å²) in [6.07, 6.45) is 8.01. The van der Waals surface area contributed by atoms with E-state index < -0.39 is 5.91 Å². The van der Waals surface area contributed by atoms with Crippen molar-refractivity contribution in [1.82, 2.24) is 15.6 Å². The van der Waals surface area contributed by atoms with Crippen molar-refractivity contribution in [2.45, 2.75) is 56.7 Å². The first-order valence-electron chi connectivity index (χ1n) is 11.5. The Morgan fingerprint density at radius 2 is 1.75 bits per heavy atom. The first-order chi connectivity index (χ1) is 15.6. The van der Waals surface area contributed by atoms with Crippen LogP contribution < -0.4 is 26.6 Å². The number of para-hydroxylation sites is 1. The van der Waals surface area contributed by atoms with Crippen LogP contribution in [-0.2, 0) is 0 Å². The molecule has 8 heteroatoms. The molecule has 32 heavy (non-hydrogen) atoms. The molecule has 0 radical (unpaired) electrons. The molecule has 2 aliphatic rings. The quantitative estimate of drug-likeness (QED) is 0.556. The third kappa shape index (κ3) is 5.56. The van der Waals surface area contributed by atoms with Gasteiger partial charge in [0.05, 0.1) is 5.56 Å². The van der Waals surface area contributed by atoms with Crippen molar-refractivity contribution < 1.29 is 9.59 Å². The predicted octanol–water partition coefficient (Wildman–Crippen LogP) is 2.87. The fraction of sp³-hybridized carbons (Fsp3) is 0.458. The van der Waals surface area contributed by atoms with Crippen LogP contribution in [0.25, 0.3) is 0 Å². The van der Waals surface area contributed by atoms with E-state index in [0.29, 0.717) is 11.4 Å². The second-order valence-corrected chi connectivity index (χ2v) is 8.65. The van der Waals surface area contributed by atoms with Crippen molar-refractivity contribution in [2.24, 2.45) is 5.73 Å². The summed E-state index contributed by atoms with van der Waals surface area (Å²) in [6, 6.07) is 13.4. The summed E-state index contributed by atoms with van der Waals surface area (Å²) in [6.45, 7) is 1.61. The number of carbonyl (C=O) groups is 2. The van der Waals surface area contributed by atoms with E-state index in [4.69, 9.17) is 5.73 Å². The molecular formula is C24H32N6O2. The van der Waals surface area contributed by atoms with Crippen LogP contribution in [0.1, 0.15) is 48.9 Å². The van der Waals surface area contributed by atoms with Gasteiger partial charge in [-0.25, -0.2) is 9.78 Å². The number of hydrogen-bond acceptors (Lipinski definition) is 5. The van der Waals surface area contributed by atoms with E-state index in [1.165, 1.54) is 0 Å². The lowest BCUT2D eigenvalue weighted by Crippen LogP contribution is -2.58. The van der Waals surface area contributed by atoms with Crippen LogP contribution in [0.15, 0.2) is 48.7 Å². The standard InChI is InChI=1S/C24H32N6O2/c25-22(31)19-11-6-14-26-23(19)30-15-7-10-18(16-30)27-20-12-4-5-13-21(20)29-24(32)28-17-8-2-1-3-9-17/h1-3,6,8-9,11,14,18,20-21,27H,4-5,7,10,12-13,15-16H2,(H2,25,31)(H2,28,29,32)/t18?,20-,21-/m1/s1. The zero-order valence-corrected chi connectivity index (χ0v) is 18.3. The molecule has 0 spiro atoms. The average molecular weight is 437 g/mol. The van der Waals surface area contributed by atoms with E-state index in [1.54, 1.807) is 18.3 Å². The molecule has 1 unspecified atom stereocenters. The van der Waals surface area contributed by atoms with E-state index in [0.717, 1.165) is 57.3 Å². The molecule has 0 bridgehead atoms. The number of urea groups is 1. The van der Waals surface area contributed by atoms with Crippen LogP contribution in [0.2, 0.25) is 0 Å². The Morgan fingerprint density at radius 1 is 0.969 bits per heavy atom. The van der Waals surface area contributed by atoms with E-state index in [1.807, 2.05) is 30.3 Å². The molecule has 1 aromatic carbocycles. The number of aromatic nitrogens is 1. The van der Waals surface area contributed by atoms with Crippen LogP contribution in [0.4, 0.5) is 16.3 Å². The maximum atomic E-state index is 12.5. The third-order valence-electron chi connectivity index (χ3n) is 6.34. The lowest BCUT2D eigenvalue weighted by molar-refractivity contribution is 0.1000. The van der Waals surface area contributed by atoms with Gasteiger partial charge in [0.2, 0.25) is 0 Å². The summed E-state index contributed by atoms with van der Waals surface area (Å²) in [7, 11) is 0. The van der Waals surface area contributed by atoms with Crippen molar-refractivity contribution in [3.05, 3.63) is 54.2 Å². The number of nitrogens with one attached hydrogen (secondary N) is 3. The Morgan fingerprint density at radius 3 is 2.53 bits per heavy atom. The van der Waals surface area contributed by atoms with Crippen LogP contribution >= 0.6 is 0 Å². The Balaban J connectivity index is 1.37. The molecule has 1 aliphatic carbocycles. The van der Waals surface area contributed by atoms with Gasteiger partial charge in [-0.15, -0.1) is 0 Å². The molecule has 1 saturated heterocycles. The fourth-order valence-corrected chi connectivity index (χ4v) is 4.81. The highest BCUT2D eigenvalue weighted by Crippen LogP contribution is 2.24. The maximum Gasteiger partial charge on any atom is 0.319 e. The number of hydrogen-bond donors (Lipinski definition) is 4. The highest BCUT2D eigenvalue weighted by Gasteiger charge is 2.31. The van der Waals surface area contributed by atoms with E-state index >= 15 is 0 Å². The summed E-state index contributed by atoms with van der Waals surface area (Å²) >= 11 is 0. The van der Waals surface area contributed by atoms with Crippen LogP contribution in [0.5, 0.6) is 0 Å². The van der Waals surface area contributed by atoms with E-state index in [9.17, 15) is 9.59 Å². The van der Waals surface area contributed by atoms with Gasteiger partial charge in [0.1, 0.15) is 5.82 Å². The van der Waals surface area contributed by atoms with E-state index in [-0.39, 0.29) is 24.2 Å². The van der Waals surface area contributed by atoms with Gasteiger partial charge in [0, 0.05) is 43.1 Å². The van der Waals surface area contributed by atoms with Gasteiger partial charge in [-0.1, -0.05) is 31.0 Å². The van der Waals surface area contributed by atoms with Gasteiger partial charge in [-0.05, 0) is 49.9 Å². The molecule has 1 aromatic heterocycles. The Hall–Kier alpha value is -3.13. The van der Waals surface area contributed by atoms with Gasteiger partial charge < -0.3 is 26.6 Å². The van der Waals surface area contributed by atoms with Crippen molar-refractivity contribution in [1.29, 1.82) is 0 Å². The molecule has 4 rings (SSSR count). The molecule has 5 N–H and O–H groups in total. The zero-order chi connectivity index (χ0) is 22.3. The first kappa shape index (κ1) is 22.1. The summed E-state index contributed by atoms with van der Waals surface area (Å²) in [5.41, 5.74) is 6.80. The lowest BCUT2D eigenvalue weighted by Gasteiger charge is -2.40. The van der Waals surface area contributed by atoms with Gasteiger partial charge >= 0.3 is 6.03 Å². The fourth-order valence-electron chi connectivity index (χ4n) is 4.81. The van der Waals surface area contributed by atoms with Gasteiger partial charge in [-0.3, -0.25) is 4.79 Å². The minimum atomic E-state index is -0.454. The molecular weight excluding hydrogens is 404 g/mol. The highest BCUT2D eigenvalue weighted by atomic mass is 16.2. The molecule has 3 atom stereocenters. The van der Waals surface area contributed by atoms with Crippen molar-refractivity contribution in [2.75, 3.05) is 23.3 Å². The van der Waals surface area contributed by atoms with Gasteiger partial charge in [0.25, 0.3) is 5.91 Å². The number of nitrogens with two attached hydrogens (primary N) is 1. The number of piperidine rings is 1. The number of nitrogens with zero attached hydrogens (tertiary/aromatic N) is 2. The third-order valence-corrected chi connectivity index (χ3v) is 6.34. The number of carbonyl (C=O) groups excluding carboxylic acids is 2. The number of anilines is 2. The molecule has 2 aromatic rings. The summed E-state index contributed by atoms with van der Waals surface area (Å²) < 4.78 is 0. The highest BCUT2D eigenvalue weighted by molar-refractivity contribution is 5.97. The van der Waals surface area contributed by atoms with Crippen molar-refractivity contribution in [3.8, 4) is 0 Å². The maximum absolute atomic E-state index is 12.5. The Bertz CT molecular complexity index is 922. The number of primary amides is 1. The molecule has 2 heterocycles. The normalized spacial score (nSPS) is 23.4. The summed E-state index contributed by atoms with van der Waals surface area (Å²) in [5, 5.41) is 9.89. The number of rotatable bonds is 6. The van der Waals surface area contributed by atoms with Gasteiger partial charge in [-0.2, -0.15) is 0 Å². The molecule has 3 amide bonds. The van der Waals surface area contributed by atoms with Crippen LogP contribution in [-0.4, -0.2) is 48.1 Å². The first-order valence-corrected chi connectivity index (χ1v) is 11.5. The summed E-state index contributed by atoms with van der Waals surface area (Å²) in [5.74, 6) is 0.205. The average Bonchev–Trinajstić information content (AvgIpc) is 2.81. The minimum Gasteiger partial charge on any atom is -0.365 e. The summed E-state index contributed by atoms with van der Waals surface area (Å²) in [4.78, 5) is 31.0. The molecule has 2 fully saturated rings. The largest absolute Gasteiger partial charge is 0.365 e. The van der Waals surface area contributed by atoms with Gasteiger partial charge in [0.15, 0.2) is 0 Å². The van der Waals surface area contributed by atoms with E-state index in [2.05, 4.69) is 25.8 Å². The Kier molecular flexibility index (Phi) is 7.21. The van der Waals surface area contributed by atoms with Crippen LogP contribution in [0, 0.1) is 0 Å². The number of amides is 3. The monoisotopic (exact) mass is 436 g/mol. The zero-order valence-electron chi connectivity index (χ0n) is 18.3. The SMILES string of the molecule is NC(=O)c1cccnc1N1CCCC(N[C@@H]2CCCC[C@H]2NC(=O)Nc2ccccc2)C1. The second-order valence-electron chi connectivity index (χ2n) is 8.65. The molecule has 170 valence electrons. The minimum absolute atomic E-state index is 0.0823. The molecule has 1 saturated carbocycles. The Labute approximate surface area is 189 Å². The van der Waals surface area contributed by atoms with Crippen molar-refractivity contribution >= 4 is 23.4 Å². The number of benzene rings is 1. The number of pyridine rings is 1. The lowest BCUT2D eigenvalue weighted by atomic mass is 9.89. The van der Waals surface area contributed by atoms with Crippen LogP contribution in [0.3, 0.4) is 0 Å². The second kappa shape index (κ2) is 10.5. The predicted molar refractivity (Wildman–Crippen MR) is 126 cm³/mol. The van der Waals surface area contributed by atoms with Crippen molar-refractivity contribution in [3.63, 3.8) is 0 Å². The molecule has 1 aliphatic heterocycles. The molecule has 8 nitrogen and oxygen atoms in total. The smallest absolute Gasteiger partial charge is 0.319 e.